The van der Waals surface area contributed by atoms with Gasteiger partial charge in [-0.15, -0.1) is 6.58 Å². The van der Waals surface area contributed by atoms with Crippen molar-refractivity contribution in [2.75, 3.05) is 13.1 Å². The molecule has 0 heterocycles. The molecule has 0 saturated carbocycles. The van der Waals surface area contributed by atoms with Gasteiger partial charge in [-0.1, -0.05) is 36.9 Å². The number of nitrogens with zero attached hydrogens (tertiary/aromatic N) is 1. The Morgan fingerprint density at radius 3 is 2.55 bits per heavy atom. The van der Waals surface area contributed by atoms with Gasteiger partial charge in [0.15, 0.2) is 0 Å². The van der Waals surface area contributed by atoms with E-state index in [0.29, 0.717) is 6.54 Å². The van der Waals surface area contributed by atoms with E-state index in [-0.39, 0.29) is 18.2 Å². The number of halogens is 1. The normalized spacial score (nSPS) is 11.4. The number of carbonyl (C=O) groups excluding carboxylic acids is 1. The van der Waals surface area contributed by atoms with E-state index < -0.39 is 5.60 Å². The predicted molar refractivity (Wildman–Crippen MR) is 128 cm³/mol. The number of carbonyl (C=O) groups is 1. The maximum atomic E-state index is 13.2. The molecule has 0 atom stereocenters. The Bertz CT molecular complexity index is 887. The monoisotopic (exact) mass is 441 g/mol. The first-order valence-corrected chi connectivity index (χ1v) is 11.2. The van der Waals surface area contributed by atoms with Gasteiger partial charge < -0.3 is 4.74 Å². The summed E-state index contributed by atoms with van der Waals surface area (Å²) in [7, 11) is 0. The topological polar surface area (TPSA) is 29.5 Å². The Hall–Kier alpha value is -2.37. The number of esters is 1. The van der Waals surface area contributed by atoms with Crippen LogP contribution in [0.25, 0.3) is 5.57 Å². The largest absolute Gasteiger partial charge is 0.460 e. The van der Waals surface area contributed by atoms with Gasteiger partial charge >= 0.3 is 5.97 Å². The summed E-state index contributed by atoms with van der Waals surface area (Å²) in [6, 6.07) is 14.4. The second kappa shape index (κ2) is 11.9. The van der Waals surface area contributed by atoms with Gasteiger partial charge in [0.2, 0.25) is 0 Å². The van der Waals surface area contributed by atoms with Crippen LogP contribution in [-0.4, -0.2) is 29.0 Å². The second-order valence-electron chi connectivity index (χ2n) is 8.41. The molecule has 0 aliphatic rings. The average Bonchev–Trinajstić information content (AvgIpc) is 2.68. The lowest BCUT2D eigenvalue weighted by atomic mass is 10.0. The summed E-state index contributed by atoms with van der Waals surface area (Å²) < 4.78 is 20.9. The standard InChI is InChI=1S/C26H32FNO2S/c1-6-7-8-16-28(31-24-14-12-23(27)13-15-24)19-20(2)22-11-9-10-21(17-22)18-25(29)30-26(3,4)5/h6,9-15,17H,1-2,7-8,16,18-19H2,3-5H3. The molecule has 0 spiro atoms. The van der Waals surface area contributed by atoms with Crippen LogP contribution in [0, 0.1) is 5.82 Å². The van der Waals surface area contributed by atoms with Crippen LogP contribution >= 0.6 is 11.9 Å². The molecule has 0 N–H and O–H groups in total. The van der Waals surface area contributed by atoms with Crippen LogP contribution in [0.1, 0.15) is 44.7 Å². The smallest absolute Gasteiger partial charge is 0.310 e. The predicted octanol–water partition coefficient (Wildman–Crippen LogP) is 6.70. The molecule has 0 aliphatic carbocycles. The molecule has 0 saturated heterocycles. The number of ether oxygens (including phenoxy) is 1. The van der Waals surface area contributed by atoms with Gasteiger partial charge in [0.1, 0.15) is 11.4 Å². The highest BCUT2D eigenvalue weighted by atomic mass is 32.2. The average molecular weight is 442 g/mol. The molecular formula is C26H32FNO2S. The highest BCUT2D eigenvalue weighted by molar-refractivity contribution is 7.97. The minimum absolute atomic E-state index is 0.228. The summed E-state index contributed by atoms with van der Waals surface area (Å²) >= 11 is 1.59. The van der Waals surface area contributed by atoms with Gasteiger partial charge in [-0.2, -0.15) is 0 Å². The van der Waals surface area contributed by atoms with Crippen molar-refractivity contribution in [1.29, 1.82) is 0 Å². The first kappa shape index (κ1) is 24.9. The minimum Gasteiger partial charge on any atom is -0.460 e. The molecule has 3 nitrogen and oxygen atoms in total. The molecular weight excluding hydrogens is 409 g/mol. The van der Waals surface area contributed by atoms with Crippen LogP contribution in [0.2, 0.25) is 0 Å². The number of hydrogen-bond donors (Lipinski definition) is 0. The SMILES string of the molecule is C=CCCCN(CC(=C)c1cccc(CC(=O)OC(C)(C)C)c1)Sc1ccc(F)cc1. The molecule has 0 bridgehead atoms. The molecule has 166 valence electrons. The van der Waals surface area contributed by atoms with E-state index in [1.807, 2.05) is 51.1 Å². The Morgan fingerprint density at radius 1 is 1.19 bits per heavy atom. The first-order valence-electron chi connectivity index (χ1n) is 10.4. The minimum atomic E-state index is -0.498. The van der Waals surface area contributed by atoms with E-state index in [1.165, 1.54) is 12.1 Å². The third kappa shape index (κ3) is 9.53. The Morgan fingerprint density at radius 2 is 1.90 bits per heavy atom. The number of unbranched alkanes of at least 4 members (excludes halogenated alkanes) is 1. The lowest BCUT2D eigenvalue weighted by molar-refractivity contribution is -0.153. The van der Waals surface area contributed by atoms with E-state index in [4.69, 9.17) is 4.74 Å². The highest BCUT2D eigenvalue weighted by Gasteiger charge is 2.17. The lowest BCUT2D eigenvalue weighted by Crippen LogP contribution is -2.25. The molecule has 31 heavy (non-hydrogen) atoms. The zero-order chi connectivity index (χ0) is 22.9. The number of rotatable bonds is 11. The Balaban J connectivity index is 2.06. The molecule has 0 fully saturated rings. The first-order chi connectivity index (χ1) is 14.7. The molecule has 0 aromatic heterocycles. The van der Waals surface area contributed by atoms with E-state index >= 15 is 0 Å². The highest BCUT2D eigenvalue weighted by Crippen LogP contribution is 2.27. The van der Waals surface area contributed by atoms with Crippen LogP contribution in [-0.2, 0) is 16.0 Å². The third-order valence-corrected chi connectivity index (χ3v) is 5.39. The quantitative estimate of drug-likeness (QED) is 0.168. The summed E-state index contributed by atoms with van der Waals surface area (Å²) in [5.41, 5.74) is 2.35. The van der Waals surface area contributed by atoms with Crippen molar-refractivity contribution >= 4 is 23.5 Å². The Labute approximate surface area is 190 Å². The summed E-state index contributed by atoms with van der Waals surface area (Å²) in [6.07, 6.45) is 4.05. The Kier molecular flexibility index (Phi) is 9.53. The van der Waals surface area contributed by atoms with Crippen molar-refractivity contribution in [3.05, 3.63) is 84.7 Å². The van der Waals surface area contributed by atoms with Crippen LogP contribution < -0.4 is 0 Å². The van der Waals surface area contributed by atoms with Crippen molar-refractivity contribution in [2.45, 2.75) is 50.5 Å². The fourth-order valence-corrected chi connectivity index (χ4v) is 3.96. The van der Waals surface area contributed by atoms with Crippen molar-refractivity contribution < 1.29 is 13.9 Å². The summed E-state index contributed by atoms with van der Waals surface area (Å²) in [4.78, 5) is 13.1. The fourth-order valence-electron chi connectivity index (χ4n) is 2.96. The molecule has 0 aliphatic heterocycles. The maximum Gasteiger partial charge on any atom is 0.310 e. The molecule has 2 aromatic carbocycles. The van der Waals surface area contributed by atoms with Gasteiger partial charge in [-0.05, 0) is 86.5 Å². The molecule has 2 aromatic rings. The summed E-state index contributed by atoms with van der Waals surface area (Å²) in [5.74, 6) is -0.484. The van der Waals surface area contributed by atoms with Gasteiger partial charge in [0.05, 0.1) is 6.42 Å². The molecule has 0 unspecified atom stereocenters. The van der Waals surface area contributed by atoms with Crippen LogP contribution in [0.15, 0.2) is 72.7 Å². The van der Waals surface area contributed by atoms with E-state index in [2.05, 4.69) is 17.5 Å². The zero-order valence-electron chi connectivity index (χ0n) is 18.7. The second-order valence-corrected chi connectivity index (χ2v) is 9.58. The zero-order valence-corrected chi connectivity index (χ0v) is 19.5. The lowest BCUT2D eigenvalue weighted by Gasteiger charge is -2.22. The van der Waals surface area contributed by atoms with Crippen molar-refractivity contribution in [1.82, 2.24) is 4.31 Å². The summed E-state index contributed by atoms with van der Waals surface area (Å²) in [5, 5.41) is 0. The van der Waals surface area contributed by atoms with E-state index in [1.54, 1.807) is 24.1 Å². The third-order valence-electron chi connectivity index (χ3n) is 4.33. The van der Waals surface area contributed by atoms with Crippen LogP contribution in [0.3, 0.4) is 0 Å². The van der Waals surface area contributed by atoms with E-state index in [9.17, 15) is 9.18 Å². The number of benzene rings is 2. The van der Waals surface area contributed by atoms with Gasteiger partial charge in [-0.25, -0.2) is 8.70 Å². The molecule has 2 rings (SSSR count). The van der Waals surface area contributed by atoms with Crippen molar-refractivity contribution in [3.63, 3.8) is 0 Å². The fraction of sp³-hybridized carbons (Fsp3) is 0.346. The number of allylic oxidation sites excluding steroid dienone is 1. The van der Waals surface area contributed by atoms with Crippen LogP contribution in [0.5, 0.6) is 0 Å². The molecule has 0 radical (unpaired) electrons. The number of hydrogen-bond acceptors (Lipinski definition) is 4. The molecule has 5 heteroatoms. The maximum absolute atomic E-state index is 13.2. The van der Waals surface area contributed by atoms with Gasteiger partial charge in [0, 0.05) is 18.0 Å². The molecule has 0 amide bonds. The van der Waals surface area contributed by atoms with Gasteiger partial charge in [0.25, 0.3) is 0 Å². The summed E-state index contributed by atoms with van der Waals surface area (Å²) in [6.45, 7) is 15.2. The van der Waals surface area contributed by atoms with Crippen molar-refractivity contribution in [3.8, 4) is 0 Å². The van der Waals surface area contributed by atoms with E-state index in [0.717, 1.165) is 41.0 Å². The van der Waals surface area contributed by atoms with Crippen molar-refractivity contribution in [2.24, 2.45) is 0 Å². The van der Waals surface area contributed by atoms with Gasteiger partial charge in [-0.3, -0.25) is 4.79 Å². The van der Waals surface area contributed by atoms with Crippen LogP contribution in [0.4, 0.5) is 4.39 Å².